The van der Waals surface area contributed by atoms with E-state index in [1.165, 1.54) is 11.1 Å². The summed E-state index contributed by atoms with van der Waals surface area (Å²) in [7, 11) is 2.08. The fourth-order valence-corrected chi connectivity index (χ4v) is 4.25. The number of carbonyl (C=O) groups is 1. The Morgan fingerprint density at radius 3 is 2.67 bits per heavy atom. The first-order chi connectivity index (χ1) is 13.2. The predicted molar refractivity (Wildman–Crippen MR) is 103 cm³/mol. The minimum absolute atomic E-state index is 0.176. The van der Waals surface area contributed by atoms with E-state index in [0.717, 1.165) is 51.3 Å². The van der Waals surface area contributed by atoms with Crippen LogP contribution in [0.5, 0.6) is 0 Å². The van der Waals surface area contributed by atoms with E-state index in [9.17, 15) is 4.79 Å². The average molecular weight is 368 g/mol. The second kappa shape index (κ2) is 7.87. The number of nitrogens with zero attached hydrogens (tertiary/aromatic N) is 1. The summed E-state index contributed by atoms with van der Waals surface area (Å²) in [6, 6.07) is 12.2. The van der Waals surface area contributed by atoms with E-state index in [-0.39, 0.29) is 17.2 Å². The molecule has 0 bridgehead atoms. The van der Waals surface area contributed by atoms with Crippen molar-refractivity contribution in [2.75, 3.05) is 20.3 Å². The maximum Gasteiger partial charge on any atom is 0.223 e. The van der Waals surface area contributed by atoms with Gasteiger partial charge in [0.05, 0.1) is 12.8 Å². The molecule has 1 aromatic carbocycles. The first-order valence-corrected chi connectivity index (χ1v) is 9.79. The number of nitrogens with one attached hydrogen (secondary N) is 1. The van der Waals surface area contributed by atoms with Crippen LogP contribution in [0.2, 0.25) is 0 Å². The number of rotatable bonds is 7. The molecule has 4 rings (SSSR count). The summed E-state index contributed by atoms with van der Waals surface area (Å²) in [5.74, 6) is 1.34. The van der Waals surface area contributed by atoms with Gasteiger partial charge < -0.3 is 14.5 Å². The van der Waals surface area contributed by atoms with Gasteiger partial charge in [-0.1, -0.05) is 24.3 Å². The lowest BCUT2D eigenvalue weighted by atomic mass is 9.93. The van der Waals surface area contributed by atoms with Crippen LogP contribution in [0.1, 0.15) is 36.1 Å². The lowest BCUT2D eigenvalue weighted by Gasteiger charge is -2.22. The van der Waals surface area contributed by atoms with Gasteiger partial charge in [-0.25, -0.2) is 0 Å². The van der Waals surface area contributed by atoms with Crippen LogP contribution in [0.15, 0.2) is 47.1 Å². The molecule has 2 fully saturated rings. The summed E-state index contributed by atoms with van der Waals surface area (Å²) in [5.41, 5.74) is 2.65. The zero-order valence-electron chi connectivity index (χ0n) is 15.9. The van der Waals surface area contributed by atoms with Gasteiger partial charge in [0.25, 0.3) is 0 Å². The summed E-state index contributed by atoms with van der Waals surface area (Å²) in [6.45, 7) is 3.77. The monoisotopic (exact) mass is 368 g/mol. The van der Waals surface area contributed by atoms with Crippen molar-refractivity contribution >= 4 is 5.91 Å². The largest absolute Gasteiger partial charge is 0.468 e. The Labute approximate surface area is 160 Å². The molecule has 1 amide bonds. The smallest absolute Gasteiger partial charge is 0.223 e. The Hall–Kier alpha value is -2.11. The van der Waals surface area contributed by atoms with E-state index in [4.69, 9.17) is 9.15 Å². The minimum atomic E-state index is 0.176. The first-order valence-electron chi connectivity index (χ1n) is 9.79. The van der Waals surface area contributed by atoms with E-state index in [2.05, 4.69) is 35.5 Å². The van der Waals surface area contributed by atoms with Crippen LogP contribution in [-0.2, 0) is 29.2 Å². The number of amides is 1. The molecule has 27 heavy (non-hydrogen) atoms. The topological polar surface area (TPSA) is 54.7 Å². The maximum absolute atomic E-state index is 12.6. The van der Waals surface area contributed by atoms with Crippen molar-refractivity contribution in [3.63, 3.8) is 0 Å². The molecule has 2 aliphatic rings. The van der Waals surface area contributed by atoms with E-state index in [1.807, 2.05) is 18.2 Å². The highest BCUT2D eigenvalue weighted by atomic mass is 16.5. The Balaban J connectivity index is 1.32. The lowest BCUT2D eigenvalue weighted by molar-refractivity contribution is -0.123. The van der Waals surface area contributed by atoms with Gasteiger partial charge in [0.15, 0.2) is 0 Å². The van der Waals surface area contributed by atoms with Crippen LogP contribution in [0.25, 0.3) is 0 Å². The van der Waals surface area contributed by atoms with Gasteiger partial charge in [-0.05, 0) is 55.0 Å². The number of ether oxygens (including phenoxy) is 1. The van der Waals surface area contributed by atoms with Gasteiger partial charge in [-0.15, -0.1) is 0 Å². The Morgan fingerprint density at radius 1 is 1.15 bits per heavy atom. The second-order valence-electron chi connectivity index (χ2n) is 7.97. The number of hydrogen-bond donors (Lipinski definition) is 1. The summed E-state index contributed by atoms with van der Waals surface area (Å²) in [5, 5.41) is 3.17. The van der Waals surface area contributed by atoms with Gasteiger partial charge in [-0.2, -0.15) is 0 Å². The van der Waals surface area contributed by atoms with E-state index >= 15 is 0 Å². The van der Waals surface area contributed by atoms with Gasteiger partial charge in [-0.3, -0.25) is 9.69 Å². The lowest BCUT2D eigenvalue weighted by Crippen LogP contribution is -2.29. The van der Waals surface area contributed by atoms with Crippen LogP contribution < -0.4 is 5.32 Å². The van der Waals surface area contributed by atoms with Crippen molar-refractivity contribution < 1.29 is 13.9 Å². The summed E-state index contributed by atoms with van der Waals surface area (Å²) >= 11 is 0. The third-order valence-corrected chi connectivity index (χ3v) is 6.01. The Bertz CT molecular complexity index is 766. The summed E-state index contributed by atoms with van der Waals surface area (Å²) in [6.07, 6.45) is 4.78. The third kappa shape index (κ3) is 4.25. The molecule has 5 heteroatoms. The first kappa shape index (κ1) is 18.3. The molecule has 1 atom stereocenters. The Kier molecular flexibility index (Phi) is 5.32. The molecular formula is C22H28N2O3. The fraction of sp³-hybridized carbons (Fsp3) is 0.500. The highest BCUT2D eigenvalue weighted by Crippen LogP contribution is 2.59. The van der Waals surface area contributed by atoms with E-state index in [0.29, 0.717) is 6.54 Å². The van der Waals surface area contributed by atoms with Gasteiger partial charge in [0.1, 0.15) is 5.76 Å². The summed E-state index contributed by atoms with van der Waals surface area (Å²) in [4.78, 5) is 14.8. The molecule has 1 unspecified atom stereocenters. The molecule has 1 saturated carbocycles. The van der Waals surface area contributed by atoms with Crippen LogP contribution >= 0.6 is 0 Å². The molecule has 1 spiro atoms. The molecule has 2 aromatic rings. The average Bonchev–Trinajstić information content (AvgIpc) is 3.11. The minimum Gasteiger partial charge on any atom is -0.468 e. The van der Waals surface area contributed by atoms with E-state index < -0.39 is 0 Å². The number of hydrogen-bond acceptors (Lipinski definition) is 4. The Morgan fingerprint density at radius 2 is 1.93 bits per heavy atom. The van der Waals surface area contributed by atoms with Crippen molar-refractivity contribution in [1.82, 2.24) is 10.2 Å². The van der Waals surface area contributed by atoms with Crippen molar-refractivity contribution in [2.45, 2.75) is 38.9 Å². The molecule has 1 aliphatic heterocycles. The van der Waals surface area contributed by atoms with Crippen molar-refractivity contribution in [3.05, 3.63) is 59.5 Å². The molecule has 2 heterocycles. The van der Waals surface area contributed by atoms with E-state index in [1.54, 1.807) is 6.26 Å². The van der Waals surface area contributed by atoms with Crippen LogP contribution in [0.4, 0.5) is 0 Å². The third-order valence-electron chi connectivity index (χ3n) is 6.01. The zero-order valence-corrected chi connectivity index (χ0v) is 15.9. The molecule has 1 N–H and O–H groups in total. The molecule has 0 radical (unpaired) electrons. The number of benzene rings is 1. The maximum atomic E-state index is 12.6. The quantitative estimate of drug-likeness (QED) is 0.814. The number of carbonyl (C=O) groups excluding carboxylic acids is 1. The molecule has 5 nitrogen and oxygen atoms in total. The molecule has 1 aliphatic carbocycles. The predicted octanol–water partition coefficient (Wildman–Crippen LogP) is 3.34. The summed E-state index contributed by atoms with van der Waals surface area (Å²) < 4.78 is 10.9. The van der Waals surface area contributed by atoms with Crippen LogP contribution in [-0.4, -0.2) is 31.1 Å². The van der Waals surface area contributed by atoms with Crippen molar-refractivity contribution in [1.29, 1.82) is 0 Å². The van der Waals surface area contributed by atoms with Gasteiger partial charge in [0.2, 0.25) is 5.91 Å². The molecule has 1 aromatic heterocycles. The van der Waals surface area contributed by atoms with Crippen molar-refractivity contribution in [3.8, 4) is 0 Å². The standard InChI is InChI=1S/C22H28N2O3/c1-24(16-19-7-4-10-27-19)15-18-6-3-2-5-17(18)14-23-21(25)20-13-22(20)8-11-26-12-9-22/h2-7,10,20H,8-9,11-16H2,1H3,(H,23,25). The zero-order chi connectivity index (χ0) is 18.7. The SMILES string of the molecule is CN(Cc1ccco1)Cc1ccccc1CNC(=O)C1CC12CCOCC2. The van der Waals surface area contributed by atoms with Gasteiger partial charge >= 0.3 is 0 Å². The number of furan rings is 1. The fourth-order valence-electron chi connectivity index (χ4n) is 4.25. The van der Waals surface area contributed by atoms with Crippen LogP contribution in [0, 0.1) is 11.3 Å². The molecule has 1 saturated heterocycles. The highest BCUT2D eigenvalue weighted by molar-refractivity contribution is 5.82. The van der Waals surface area contributed by atoms with Crippen LogP contribution in [0.3, 0.4) is 0 Å². The van der Waals surface area contributed by atoms with Gasteiger partial charge in [0, 0.05) is 32.2 Å². The molecule has 144 valence electrons. The molecular weight excluding hydrogens is 340 g/mol. The van der Waals surface area contributed by atoms with Crippen molar-refractivity contribution in [2.24, 2.45) is 11.3 Å². The normalized spacial score (nSPS) is 20.7. The second-order valence-corrected chi connectivity index (χ2v) is 7.97. The highest BCUT2D eigenvalue weighted by Gasteiger charge is 2.57.